The maximum atomic E-state index is 5.18. The van der Waals surface area contributed by atoms with Crippen molar-refractivity contribution in [2.45, 2.75) is 0 Å². The number of fused-ring (bicyclic) bond motifs is 10. The molecule has 0 fully saturated rings. The molecule has 43 heavy (non-hydrogen) atoms. The number of benzene rings is 6. The standard InChI is InChI=1S/C40H25N3/c1-2-11-27(12-3-1)43-37-20-9-8-17-32(37)38-31-16-7-5-14-29(31)34-25-33(28-13-4-6-15-30(28)39(34)40(38)43)36-19-10-18-35(42-36)26-21-23-41-24-22-26/h1-25H. The van der Waals surface area contributed by atoms with Gasteiger partial charge in [0.15, 0.2) is 0 Å². The van der Waals surface area contributed by atoms with Crippen molar-refractivity contribution in [3.8, 4) is 28.2 Å². The molecule has 0 radical (unpaired) electrons. The van der Waals surface area contributed by atoms with Crippen LogP contribution in [0.3, 0.4) is 0 Å². The van der Waals surface area contributed by atoms with Crippen LogP contribution in [0.5, 0.6) is 0 Å². The zero-order valence-electron chi connectivity index (χ0n) is 23.3. The third-order valence-electron chi connectivity index (χ3n) is 8.66. The summed E-state index contributed by atoms with van der Waals surface area (Å²) in [5.74, 6) is 0. The number of para-hydroxylation sites is 2. The molecule has 0 aliphatic heterocycles. The van der Waals surface area contributed by atoms with Crippen molar-refractivity contribution in [1.29, 1.82) is 0 Å². The molecule has 6 aromatic carbocycles. The molecule has 0 atom stereocenters. The zero-order chi connectivity index (χ0) is 28.3. The predicted octanol–water partition coefficient (Wildman–Crippen LogP) is 10.4. The van der Waals surface area contributed by atoms with Crippen molar-refractivity contribution >= 4 is 54.1 Å². The average Bonchev–Trinajstić information content (AvgIpc) is 3.44. The molecule has 9 aromatic rings. The highest BCUT2D eigenvalue weighted by atomic mass is 15.0. The van der Waals surface area contributed by atoms with E-state index in [1.165, 1.54) is 54.1 Å². The van der Waals surface area contributed by atoms with E-state index in [2.05, 4.69) is 137 Å². The molecule has 0 bridgehead atoms. The van der Waals surface area contributed by atoms with Gasteiger partial charge in [0.05, 0.1) is 22.4 Å². The molecule has 3 heterocycles. The van der Waals surface area contributed by atoms with Gasteiger partial charge in [0.25, 0.3) is 0 Å². The molecule has 0 amide bonds. The van der Waals surface area contributed by atoms with E-state index in [0.717, 1.165) is 28.2 Å². The molecule has 0 saturated carbocycles. The third kappa shape index (κ3) is 3.55. The summed E-state index contributed by atoms with van der Waals surface area (Å²) >= 11 is 0. The van der Waals surface area contributed by atoms with E-state index < -0.39 is 0 Å². The van der Waals surface area contributed by atoms with E-state index in [1.54, 1.807) is 0 Å². The van der Waals surface area contributed by atoms with Crippen LogP contribution in [0, 0.1) is 0 Å². The Morgan fingerprint density at radius 1 is 0.442 bits per heavy atom. The van der Waals surface area contributed by atoms with Crippen molar-refractivity contribution in [3.05, 3.63) is 152 Å². The van der Waals surface area contributed by atoms with E-state index in [9.17, 15) is 0 Å². The summed E-state index contributed by atoms with van der Waals surface area (Å²) in [5.41, 5.74) is 7.69. The summed E-state index contributed by atoms with van der Waals surface area (Å²) in [6.45, 7) is 0. The summed E-state index contributed by atoms with van der Waals surface area (Å²) in [6.07, 6.45) is 3.64. The van der Waals surface area contributed by atoms with Crippen LogP contribution >= 0.6 is 0 Å². The molecular formula is C40H25N3. The largest absolute Gasteiger partial charge is 0.309 e. The summed E-state index contributed by atoms with van der Waals surface area (Å²) in [6, 6.07) is 49.9. The number of hydrogen-bond donors (Lipinski definition) is 0. The quantitative estimate of drug-likeness (QED) is 0.206. The number of nitrogens with zero attached hydrogens (tertiary/aromatic N) is 3. The Labute approximate surface area is 248 Å². The van der Waals surface area contributed by atoms with Crippen LogP contribution in [0.25, 0.3) is 82.3 Å². The van der Waals surface area contributed by atoms with Gasteiger partial charge in [-0.2, -0.15) is 0 Å². The highest BCUT2D eigenvalue weighted by Gasteiger charge is 2.21. The van der Waals surface area contributed by atoms with Gasteiger partial charge in [0.2, 0.25) is 0 Å². The highest BCUT2D eigenvalue weighted by molar-refractivity contribution is 6.37. The molecule has 0 aliphatic rings. The molecule has 0 saturated heterocycles. The summed E-state index contributed by atoms with van der Waals surface area (Å²) < 4.78 is 2.45. The van der Waals surface area contributed by atoms with Crippen LogP contribution in [-0.2, 0) is 0 Å². The van der Waals surface area contributed by atoms with Crippen molar-refractivity contribution in [3.63, 3.8) is 0 Å². The van der Waals surface area contributed by atoms with Crippen molar-refractivity contribution < 1.29 is 0 Å². The maximum Gasteiger partial charge on any atom is 0.0715 e. The fourth-order valence-electron chi connectivity index (χ4n) is 6.85. The minimum atomic E-state index is 0.939. The van der Waals surface area contributed by atoms with Gasteiger partial charge in [-0.25, -0.2) is 4.98 Å². The monoisotopic (exact) mass is 547 g/mol. The van der Waals surface area contributed by atoms with Crippen LogP contribution in [-0.4, -0.2) is 14.5 Å². The second kappa shape index (κ2) is 9.37. The molecule has 200 valence electrons. The molecule has 0 unspecified atom stereocenters. The Hall–Kier alpha value is -5.80. The maximum absolute atomic E-state index is 5.18. The molecular weight excluding hydrogens is 522 g/mol. The van der Waals surface area contributed by atoms with Gasteiger partial charge in [-0.3, -0.25) is 4.98 Å². The topological polar surface area (TPSA) is 30.7 Å². The first-order chi connectivity index (χ1) is 21.4. The smallest absolute Gasteiger partial charge is 0.0715 e. The Morgan fingerprint density at radius 3 is 1.84 bits per heavy atom. The lowest BCUT2D eigenvalue weighted by molar-refractivity contribution is 1.19. The number of hydrogen-bond acceptors (Lipinski definition) is 2. The van der Waals surface area contributed by atoms with Crippen molar-refractivity contribution in [2.75, 3.05) is 0 Å². The molecule has 9 rings (SSSR count). The average molecular weight is 548 g/mol. The summed E-state index contributed by atoms with van der Waals surface area (Å²) in [5, 5.41) is 9.97. The summed E-state index contributed by atoms with van der Waals surface area (Å²) in [4.78, 5) is 9.37. The van der Waals surface area contributed by atoms with Crippen LogP contribution in [0.4, 0.5) is 0 Å². The highest BCUT2D eigenvalue weighted by Crippen LogP contribution is 2.46. The van der Waals surface area contributed by atoms with E-state index in [1.807, 2.05) is 24.5 Å². The van der Waals surface area contributed by atoms with Gasteiger partial charge in [0, 0.05) is 45.4 Å². The fourth-order valence-corrected chi connectivity index (χ4v) is 6.85. The Bertz CT molecular complexity index is 2490. The Balaban J connectivity index is 1.50. The number of pyridine rings is 2. The lowest BCUT2D eigenvalue weighted by Gasteiger charge is -2.17. The van der Waals surface area contributed by atoms with Crippen LogP contribution in [0.15, 0.2) is 152 Å². The van der Waals surface area contributed by atoms with Crippen molar-refractivity contribution in [1.82, 2.24) is 14.5 Å². The first-order valence-corrected chi connectivity index (χ1v) is 14.6. The molecule has 3 aromatic heterocycles. The number of rotatable bonds is 3. The lowest BCUT2D eigenvalue weighted by atomic mass is 9.90. The van der Waals surface area contributed by atoms with Gasteiger partial charge in [0.1, 0.15) is 0 Å². The SMILES string of the molecule is c1ccc(-n2c3ccccc3c3c4ccccc4c4cc(-c5cccc(-c6ccncc6)n5)c5ccccc5c4c32)cc1. The van der Waals surface area contributed by atoms with E-state index in [4.69, 9.17) is 4.98 Å². The first-order valence-electron chi connectivity index (χ1n) is 14.6. The minimum Gasteiger partial charge on any atom is -0.309 e. The van der Waals surface area contributed by atoms with Gasteiger partial charge in [-0.15, -0.1) is 0 Å². The van der Waals surface area contributed by atoms with Crippen LogP contribution in [0.2, 0.25) is 0 Å². The van der Waals surface area contributed by atoms with E-state index >= 15 is 0 Å². The first kappa shape index (κ1) is 23.9. The third-order valence-corrected chi connectivity index (χ3v) is 8.66. The molecule has 0 aliphatic carbocycles. The van der Waals surface area contributed by atoms with E-state index in [-0.39, 0.29) is 0 Å². The second-order valence-corrected chi connectivity index (χ2v) is 11.0. The van der Waals surface area contributed by atoms with Crippen LogP contribution < -0.4 is 0 Å². The lowest BCUT2D eigenvalue weighted by Crippen LogP contribution is -1.96. The summed E-state index contributed by atoms with van der Waals surface area (Å²) in [7, 11) is 0. The second-order valence-electron chi connectivity index (χ2n) is 11.0. The Morgan fingerprint density at radius 2 is 1.05 bits per heavy atom. The predicted molar refractivity (Wildman–Crippen MR) is 180 cm³/mol. The normalized spacial score (nSPS) is 11.7. The van der Waals surface area contributed by atoms with E-state index in [0.29, 0.717) is 0 Å². The van der Waals surface area contributed by atoms with Crippen molar-refractivity contribution in [2.24, 2.45) is 0 Å². The Kier molecular flexibility index (Phi) is 5.20. The van der Waals surface area contributed by atoms with Crippen LogP contribution in [0.1, 0.15) is 0 Å². The fraction of sp³-hybridized carbons (Fsp3) is 0. The van der Waals surface area contributed by atoms with Gasteiger partial charge in [-0.05, 0) is 75.5 Å². The zero-order valence-corrected chi connectivity index (χ0v) is 23.3. The minimum absolute atomic E-state index is 0.939. The number of aromatic nitrogens is 3. The van der Waals surface area contributed by atoms with Gasteiger partial charge >= 0.3 is 0 Å². The van der Waals surface area contributed by atoms with Gasteiger partial charge in [-0.1, -0.05) is 91.0 Å². The molecule has 0 spiro atoms. The molecule has 0 N–H and O–H groups in total. The van der Waals surface area contributed by atoms with Gasteiger partial charge < -0.3 is 4.57 Å². The molecule has 3 nitrogen and oxygen atoms in total. The molecule has 3 heteroatoms.